The lowest BCUT2D eigenvalue weighted by Gasteiger charge is -2.29. The van der Waals surface area contributed by atoms with E-state index in [1.807, 2.05) is 0 Å². The van der Waals surface area contributed by atoms with E-state index in [4.69, 9.17) is 16.3 Å². The van der Waals surface area contributed by atoms with Crippen LogP contribution in [0.3, 0.4) is 0 Å². The highest BCUT2D eigenvalue weighted by molar-refractivity contribution is 6.30. The van der Waals surface area contributed by atoms with Crippen molar-refractivity contribution in [2.45, 2.75) is 18.6 Å². The summed E-state index contributed by atoms with van der Waals surface area (Å²) in [5.41, 5.74) is 0.414. The van der Waals surface area contributed by atoms with Crippen LogP contribution in [0.2, 0.25) is 5.02 Å². The van der Waals surface area contributed by atoms with E-state index < -0.39 is 6.10 Å². The number of aliphatic hydroxyl groups is 1. The molecule has 1 saturated heterocycles. The van der Waals surface area contributed by atoms with Gasteiger partial charge in [0.25, 0.3) is 5.91 Å². The van der Waals surface area contributed by atoms with Crippen LogP contribution in [0.15, 0.2) is 18.2 Å². The molecule has 2 atom stereocenters. The van der Waals surface area contributed by atoms with Crippen LogP contribution in [0.5, 0.6) is 5.75 Å². The van der Waals surface area contributed by atoms with Gasteiger partial charge in [0, 0.05) is 11.6 Å². The number of benzene rings is 1. The molecular formula is C13H18Cl2N2O3. The van der Waals surface area contributed by atoms with Gasteiger partial charge in [0.15, 0.2) is 0 Å². The molecule has 7 heteroatoms. The first-order chi connectivity index (χ1) is 9.11. The SMILES string of the molecule is COc1cc(Cl)ccc1C(=O)N[C@@H]1CCNC[C@H]1O.Cl. The van der Waals surface area contributed by atoms with Crippen molar-refractivity contribution >= 4 is 29.9 Å². The molecule has 0 radical (unpaired) electrons. The van der Waals surface area contributed by atoms with E-state index in [2.05, 4.69) is 10.6 Å². The number of hydrogen-bond acceptors (Lipinski definition) is 4. The monoisotopic (exact) mass is 320 g/mol. The lowest BCUT2D eigenvalue weighted by Crippen LogP contribution is -2.52. The van der Waals surface area contributed by atoms with Crippen molar-refractivity contribution in [1.82, 2.24) is 10.6 Å². The summed E-state index contributed by atoms with van der Waals surface area (Å²) in [4.78, 5) is 12.2. The fourth-order valence-electron chi connectivity index (χ4n) is 2.11. The van der Waals surface area contributed by atoms with Crippen molar-refractivity contribution in [1.29, 1.82) is 0 Å². The van der Waals surface area contributed by atoms with Crippen LogP contribution in [0.4, 0.5) is 0 Å². The zero-order valence-electron chi connectivity index (χ0n) is 11.1. The molecule has 0 aliphatic carbocycles. The predicted molar refractivity (Wildman–Crippen MR) is 80.0 cm³/mol. The molecule has 0 aromatic heterocycles. The first kappa shape index (κ1) is 17.0. The number of carbonyl (C=O) groups is 1. The van der Waals surface area contributed by atoms with Crippen LogP contribution in [-0.4, -0.2) is 43.4 Å². The van der Waals surface area contributed by atoms with Gasteiger partial charge in [-0.05, 0) is 31.2 Å². The third-order valence-corrected chi connectivity index (χ3v) is 3.41. The number of amides is 1. The Morgan fingerprint density at radius 1 is 1.55 bits per heavy atom. The van der Waals surface area contributed by atoms with E-state index in [1.54, 1.807) is 18.2 Å². The molecule has 1 heterocycles. The maximum atomic E-state index is 12.2. The summed E-state index contributed by atoms with van der Waals surface area (Å²) in [5, 5.41) is 16.2. The smallest absolute Gasteiger partial charge is 0.255 e. The summed E-state index contributed by atoms with van der Waals surface area (Å²) >= 11 is 5.86. The van der Waals surface area contributed by atoms with Gasteiger partial charge in [-0.3, -0.25) is 4.79 Å². The van der Waals surface area contributed by atoms with Gasteiger partial charge < -0.3 is 20.5 Å². The highest BCUT2D eigenvalue weighted by Crippen LogP contribution is 2.23. The van der Waals surface area contributed by atoms with Gasteiger partial charge in [-0.2, -0.15) is 0 Å². The van der Waals surface area contributed by atoms with Crippen molar-refractivity contribution < 1.29 is 14.6 Å². The minimum absolute atomic E-state index is 0. The third-order valence-electron chi connectivity index (χ3n) is 3.17. The van der Waals surface area contributed by atoms with E-state index in [-0.39, 0.29) is 24.4 Å². The number of methoxy groups -OCH3 is 1. The zero-order valence-corrected chi connectivity index (χ0v) is 12.6. The van der Waals surface area contributed by atoms with Crippen LogP contribution < -0.4 is 15.4 Å². The number of nitrogens with one attached hydrogen (secondary N) is 2. The lowest BCUT2D eigenvalue weighted by molar-refractivity contribution is 0.0763. The van der Waals surface area contributed by atoms with Gasteiger partial charge in [-0.1, -0.05) is 11.6 Å². The number of piperidine rings is 1. The molecule has 20 heavy (non-hydrogen) atoms. The standard InChI is InChI=1S/C13H17ClN2O3.ClH/c1-19-12-6-8(14)2-3-9(12)13(18)16-10-4-5-15-7-11(10)17;/h2-3,6,10-11,15,17H,4-5,7H2,1H3,(H,16,18);1H/t10-,11-;/m1./s1. The number of hydrogen-bond donors (Lipinski definition) is 3. The molecule has 0 bridgehead atoms. The van der Waals surface area contributed by atoms with Gasteiger partial charge in [0.2, 0.25) is 0 Å². The molecule has 5 nitrogen and oxygen atoms in total. The Bertz CT molecular complexity index is 471. The summed E-state index contributed by atoms with van der Waals surface area (Å²) in [7, 11) is 1.49. The molecule has 2 rings (SSSR count). The molecule has 3 N–H and O–H groups in total. The molecule has 1 amide bonds. The molecule has 1 fully saturated rings. The molecule has 0 spiro atoms. The van der Waals surface area contributed by atoms with E-state index in [0.29, 0.717) is 29.3 Å². The quantitative estimate of drug-likeness (QED) is 0.783. The van der Waals surface area contributed by atoms with Crippen LogP contribution in [-0.2, 0) is 0 Å². The summed E-state index contributed by atoms with van der Waals surface area (Å²) in [6.07, 6.45) is 0.124. The van der Waals surface area contributed by atoms with E-state index in [1.165, 1.54) is 7.11 Å². The molecule has 0 saturated carbocycles. The Balaban J connectivity index is 0.00000200. The highest BCUT2D eigenvalue weighted by Gasteiger charge is 2.25. The van der Waals surface area contributed by atoms with E-state index >= 15 is 0 Å². The molecule has 1 aliphatic heterocycles. The lowest BCUT2D eigenvalue weighted by atomic mass is 10.0. The highest BCUT2D eigenvalue weighted by atomic mass is 35.5. The number of ether oxygens (including phenoxy) is 1. The third kappa shape index (κ3) is 3.99. The zero-order chi connectivity index (χ0) is 13.8. The van der Waals surface area contributed by atoms with E-state index in [0.717, 1.165) is 6.54 Å². The first-order valence-corrected chi connectivity index (χ1v) is 6.53. The average molecular weight is 321 g/mol. The Hall–Kier alpha value is -1.01. The second-order valence-corrected chi connectivity index (χ2v) is 4.92. The van der Waals surface area contributed by atoms with Gasteiger partial charge in [-0.25, -0.2) is 0 Å². The maximum absolute atomic E-state index is 12.2. The van der Waals surface area contributed by atoms with Crippen molar-refractivity contribution in [2.75, 3.05) is 20.2 Å². The number of aliphatic hydroxyl groups excluding tert-OH is 1. The van der Waals surface area contributed by atoms with Crippen molar-refractivity contribution in [3.63, 3.8) is 0 Å². The molecular weight excluding hydrogens is 303 g/mol. The van der Waals surface area contributed by atoms with Gasteiger partial charge >= 0.3 is 0 Å². The molecule has 112 valence electrons. The maximum Gasteiger partial charge on any atom is 0.255 e. The van der Waals surface area contributed by atoms with Gasteiger partial charge in [0.05, 0.1) is 24.8 Å². The topological polar surface area (TPSA) is 70.6 Å². The Morgan fingerprint density at radius 2 is 2.30 bits per heavy atom. The summed E-state index contributed by atoms with van der Waals surface area (Å²) in [6.45, 7) is 1.27. The van der Waals surface area contributed by atoms with Crippen LogP contribution in [0.1, 0.15) is 16.8 Å². The fourth-order valence-corrected chi connectivity index (χ4v) is 2.27. The van der Waals surface area contributed by atoms with Crippen LogP contribution in [0, 0.1) is 0 Å². The second-order valence-electron chi connectivity index (χ2n) is 4.48. The number of carbonyl (C=O) groups excluding carboxylic acids is 1. The Labute approximate surface area is 129 Å². The largest absolute Gasteiger partial charge is 0.496 e. The predicted octanol–water partition coefficient (Wildman–Crippen LogP) is 1.22. The number of β-amino-alcohol motifs (C(OH)–C–C–N with tert-alkyl or cyclic N) is 1. The van der Waals surface area contributed by atoms with Crippen molar-refractivity contribution in [2.24, 2.45) is 0 Å². The summed E-state index contributed by atoms with van der Waals surface area (Å²) in [5.74, 6) is 0.160. The van der Waals surface area contributed by atoms with Crippen molar-refractivity contribution in [3.8, 4) is 5.75 Å². The average Bonchev–Trinajstić information content (AvgIpc) is 2.41. The summed E-state index contributed by atoms with van der Waals surface area (Å²) < 4.78 is 5.14. The van der Waals surface area contributed by atoms with Gasteiger partial charge in [-0.15, -0.1) is 12.4 Å². The number of halogens is 2. The molecule has 0 unspecified atom stereocenters. The molecule has 1 aromatic rings. The fraction of sp³-hybridized carbons (Fsp3) is 0.462. The van der Waals surface area contributed by atoms with Gasteiger partial charge in [0.1, 0.15) is 5.75 Å². The molecule has 1 aliphatic rings. The van der Waals surface area contributed by atoms with Crippen molar-refractivity contribution in [3.05, 3.63) is 28.8 Å². The minimum atomic E-state index is -0.573. The Morgan fingerprint density at radius 3 is 2.95 bits per heavy atom. The first-order valence-electron chi connectivity index (χ1n) is 6.15. The summed E-state index contributed by atoms with van der Waals surface area (Å²) in [6, 6.07) is 4.60. The van der Waals surface area contributed by atoms with Crippen LogP contribution in [0.25, 0.3) is 0 Å². The van der Waals surface area contributed by atoms with Crippen LogP contribution >= 0.6 is 24.0 Å². The Kier molecular flexibility index (Phi) is 6.55. The van der Waals surface area contributed by atoms with E-state index in [9.17, 15) is 9.90 Å². The minimum Gasteiger partial charge on any atom is -0.496 e. The molecule has 1 aromatic carbocycles. The second kappa shape index (κ2) is 7.69. The number of rotatable bonds is 3. The normalized spacial score (nSPS) is 21.8.